The molecule has 0 N–H and O–H groups in total. The molecule has 1 fully saturated rings. The maximum absolute atomic E-state index is 6.14. The Labute approximate surface area is 126 Å². The Morgan fingerprint density at radius 1 is 1.30 bits per heavy atom. The number of fused-ring (bicyclic) bond motifs is 1. The number of aromatic nitrogens is 2. The van der Waals surface area contributed by atoms with Gasteiger partial charge in [0.25, 0.3) is 0 Å². The van der Waals surface area contributed by atoms with Crippen LogP contribution < -0.4 is 0 Å². The predicted molar refractivity (Wildman–Crippen MR) is 85.3 cm³/mol. The maximum atomic E-state index is 6.14. The molecular formula is C17H23ClN2. The fourth-order valence-electron chi connectivity index (χ4n) is 3.63. The number of hydrogen-bond donors (Lipinski definition) is 0. The molecular weight excluding hydrogens is 268 g/mol. The topological polar surface area (TPSA) is 17.8 Å². The van der Waals surface area contributed by atoms with Crippen LogP contribution >= 0.6 is 11.6 Å². The average Bonchev–Trinajstić information content (AvgIpc) is 2.84. The Balaban J connectivity index is 2.04. The minimum absolute atomic E-state index is 0.491. The highest BCUT2D eigenvalue weighted by Gasteiger charge is 2.24. The van der Waals surface area contributed by atoms with E-state index in [1.807, 2.05) is 0 Å². The van der Waals surface area contributed by atoms with Gasteiger partial charge in [0.1, 0.15) is 5.82 Å². The van der Waals surface area contributed by atoms with E-state index in [1.54, 1.807) is 0 Å². The van der Waals surface area contributed by atoms with Crippen LogP contribution in [0.2, 0.25) is 0 Å². The highest BCUT2D eigenvalue weighted by Crippen LogP contribution is 2.35. The number of imidazole rings is 1. The zero-order valence-electron chi connectivity index (χ0n) is 12.4. The van der Waals surface area contributed by atoms with Crippen molar-refractivity contribution in [1.29, 1.82) is 0 Å². The molecule has 0 bridgehead atoms. The Hall–Kier alpha value is -1.02. The number of nitrogens with zero attached hydrogens (tertiary/aromatic N) is 2. The van der Waals surface area contributed by atoms with E-state index in [-0.39, 0.29) is 0 Å². The lowest BCUT2D eigenvalue weighted by Gasteiger charge is -2.30. The lowest BCUT2D eigenvalue weighted by molar-refractivity contribution is 0.265. The van der Waals surface area contributed by atoms with E-state index in [1.165, 1.54) is 43.2 Å². The monoisotopic (exact) mass is 290 g/mol. The normalized spacial score (nSPS) is 18.6. The van der Waals surface area contributed by atoms with Crippen LogP contribution in [0, 0.1) is 12.8 Å². The summed E-state index contributed by atoms with van der Waals surface area (Å²) in [6, 6.07) is 7.03. The second-order valence-electron chi connectivity index (χ2n) is 6.16. The number of aryl methyl sites for hydroxylation is 1. The van der Waals surface area contributed by atoms with Crippen LogP contribution in [0.15, 0.2) is 18.2 Å². The molecule has 1 aliphatic rings. The molecule has 1 unspecified atom stereocenters. The highest BCUT2D eigenvalue weighted by atomic mass is 35.5. The van der Waals surface area contributed by atoms with Crippen LogP contribution in [0.3, 0.4) is 0 Å². The third-order valence-electron chi connectivity index (χ3n) is 4.78. The third kappa shape index (κ3) is 2.46. The first-order chi connectivity index (χ1) is 9.70. The summed E-state index contributed by atoms with van der Waals surface area (Å²) < 4.78 is 2.39. The van der Waals surface area contributed by atoms with E-state index in [9.17, 15) is 0 Å². The summed E-state index contributed by atoms with van der Waals surface area (Å²) in [5, 5.41) is 0. The van der Waals surface area contributed by atoms with Crippen LogP contribution in [-0.2, 0) is 5.88 Å². The van der Waals surface area contributed by atoms with E-state index in [0.29, 0.717) is 11.9 Å². The Kier molecular flexibility index (Phi) is 4.02. The second-order valence-corrected chi connectivity index (χ2v) is 6.43. The van der Waals surface area contributed by atoms with Crippen molar-refractivity contribution in [2.24, 2.45) is 5.92 Å². The van der Waals surface area contributed by atoms with Crippen LogP contribution in [-0.4, -0.2) is 9.55 Å². The SMILES string of the molecule is Cc1ccc2c(c1)nc(CCl)n2C(C)C1CCCCC1. The Morgan fingerprint density at radius 2 is 2.05 bits per heavy atom. The summed E-state index contributed by atoms with van der Waals surface area (Å²) in [5.41, 5.74) is 3.58. The van der Waals surface area contributed by atoms with Crippen molar-refractivity contribution in [3.05, 3.63) is 29.6 Å². The number of rotatable bonds is 3. The molecule has 1 atom stereocenters. The molecule has 0 aliphatic heterocycles. The smallest absolute Gasteiger partial charge is 0.125 e. The molecule has 0 saturated heterocycles. The van der Waals surface area contributed by atoms with Crippen LogP contribution in [0.5, 0.6) is 0 Å². The van der Waals surface area contributed by atoms with E-state index in [0.717, 1.165) is 17.3 Å². The average molecular weight is 291 g/mol. The van der Waals surface area contributed by atoms with Gasteiger partial charge in [0.05, 0.1) is 16.9 Å². The third-order valence-corrected chi connectivity index (χ3v) is 5.02. The molecule has 0 spiro atoms. The highest BCUT2D eigenvalue weighted by molar-refractivity contribution is 6.16. The molecule has 108 valence electrons. The number of halogens is 1. The Morgan fingerprint density at radius 3 is 2.75 bits per heavy atom. The molecule has 2 aromatic rings. The van der Waals surface area contributed by atoms with E-state index in [4.69, 9.17) is 16.6 Å². The quantitative estimate of drug-likeness (QED) is 0.708. The Bertz CT molecular complexity index is 596. The van der Waals surface area contributed by atoms with E-state index < -0.39 is 0 Å². The van der Waals surface area contributed by atoms with Crippen LogP contribution in [0.25, 0.3) is 11.0 Å². The van der Waals surface area contributed by atoms with Crippen molar-refractivity contribution in [3.63, 3.8) is 0 Å². The van der Waals surface area contributed by atoms with Gasteiger partial charge in [-0.25, -0.2) is 4.98 Å². The van der Waals surface area contributed by atoms with Crippen molar-refractivity contribution in [3.8, 4) is 0 Å². The molecule has 1 aromatic heterocycles. The van der Waals surface area contributed by atoms with Gasteiger partial charge in [-0.15, -0.1) is 11.6 Å². The molecule has 1 aromatic carbocycles. The first-order valence-electron chi connectivity index (χ1n) is 7.74. The van der Waals surface area contributed by atoms with E-state index in [2.05, 4.69) is 36.6 Å². The maximum Gasteiger partial charge on any atom is 0.125 e. The van der Waals surface area contributed by atoms with Gasteiger partial charge in [0.2, 0.25) is 0 Å². The first-order valence-corrected chi connectivity index (χ1v) is 8.27. The summed E-state index contributed by atoms with van der Waals surface area (Å²) >= 11 is 6.14. The second kappa shape index (κ2) is 5.77. The van der Waals surface area contributed by atoms with Gasteiger partial charge in [0, 0.05) is 6.04 Å². The van der Waals surface area contributed by atoms with Crippen LogP contribution in [0.4, 0.5) is 0 Å². The summed E-state index contributed by atoms with van der Waals surface area (Å²) in [6.45, 7) is 4.45. The summed E-state index contributed by atoms with van der Waals surface area (Å²) in [6.07, 6.45) is 6.83. The van der Waals surface area contributed by atoms with Gasteiger partial charge in [-0.1, -0.05) is 25.3 Å². The fourth-order valence-corrected chi connectivity index (χ4v) is 3.82. The predicted octanol–water partition coefficient (Wildman–Crippen LogP) is 5.22. The molecule has 1 saturated carbocycles. The standard InChI is InChI=1S/C17H23ClN2/c1-12-8-9-16-15(10-12)19-17(11-18)20(16)13(2)14-6-4-3-5-7-14/h8-10,13-14H,3-7,11H2,1-2H3. The van der Waals surface area contributed by atoms with Gasteiger partial charge < -0.3 is 4.57 Å². The first kappa shape index (κ1) is 13.9. The fraction of sp³-hybridized carbons (Fsp3) is 0.588. The van der Waals surface area contributed by atoms with Crippen LogP contribution in [0.1, 0.15) is 56.5 Å². The molecule has 2 nitrogen and oxygen atoms in total. The number of alkyl halides is 1. The molecule has 0 amide bonds. The van der Waals surface area contributed by atoms with Crippen molar-refractivity contribution >= 4 is 22.6 Å². The largest absolute Gasteiger partial charge is 0.324 e. The van der Waals surface area contributed by atoms with Gasteiger partial charge >= 0.3 is 0 Å². The lowest BCUT2D eigenvalue weighted by Crippen LogP contribution is -2.20. The minimum Gasteiger partial charge on any atom is -0.324 e. The van der Waals surface area contributed by atoms with Gasteiger partial charge in [-0.05, 0) is 50.3 Å². The number of benzene rings is 1. The molecule has 1 aliphatic carbocycles. The van der Waals surface area contributed by atoms with Crippen molar-refractivity contribution < 1.29 is 0 Å². The lowest BCUT2D eigenvalue weighted by atomic mass is 9.84. The van der Waals surface area contributed by atoms with Gasteiger partial charge in [-0.3, -0.25) is 0 Å². The summed E-state index contributed by atoms with van der Waals surface area (Å²) in [7, 11) is 0. The molecule has 3 heteroatoms. The van der Waals surface area contributed by atoms with Crippen molar-refractivity contribution in [1.82, 2.24) is 9.55 Å². The van der Waals surface area contributed by atoms with Gasteiger partial charge in [-0.2, -0.15) is 0 Å². The van der Waals surface area contributed by atoms with E-state index >= 15 is 0 Å². The zero-order chi connectivity index (χ0) is 14.1. The molecule has 3 rings (SSSR count). The van der Waals surface area contributed by atoms with Crippen molar-refractivity contribution in [2.75, 3.05) is 0 Å². The molecule has 0 radical (unpaired) electrons. The minimum atomic E-state index is 0.491. The molecule has 1 heterocycles. The van der Waals surface area contributed by atoms with Gasteiger partial charge in [0.15, 0.2) is 0 Å². The zero-order valence-corrected chi connectivity index (χ0v) is 13.2. The summed E-state index contributed by atoms with van der Waals surface area (Å²) in [5.74, 6) is 2.28. The summed E-state index contributed by atoms with van der Waals surface area (Å²) in [4.78, 5) is 4.74. The van der Waals surface area contributed by atoms with Crippen molar-refractivity contribution in [2.45, 2.75) is 57.9 Å². The molecule has 20 heavy (non-hydrogen) atoms. The number of hydrogen-bond acceptors (Lipinski definition) is 1.